The zero-order chi connectivity index (χ0) is 48.6. The van der Waals surface area contributed by atoms with Gasteiger partial charge in [-0.05, 0) is 116 Å². The minimum absolute atomic E-state index is 0.114. The Labute approximate surface area is 412 Å². The van der Waals surface area contributed by atoms with Crippen LogP contribution in [0.1, 0.15) is 226 Å². The summed E-state index contributed by atoms with van der Waals surface area (Å²) < 4.78 is 16.7. The Morgan fingerprint density at radius 3 is 1.01 bits per heavy atom. The number of unbranched alkanes of at least 4 members (excludes halogenated alkanes) is 16. The smallest absolute Gasteiger partial charge is 0.306 e. The van der Waals surface area contributed by atoms with E-state index >= 15 is 0 Å². The van der Waals surface area contributed by atoms with Crippen molar-refractivity contribution < 1.29 is 28.6 Å². The normalized spacial score (nSPS) is 13.1. The number of rotatable bonds is 47. The molecule has 6 nitrogen and oxygen atoms in total. The highest BCUT2D eigenvalue weighted by Gasteiger charge is 2.19. The predicted octanol–water partition coefficient (Wildman–Crippen LogP) is 18.1. The molecule has 1 atom stereocenters. The molecule has 67 heavy (non-hydrogen) atoms. The fourth-order valence-electron chi connectivity index (χ4n) is 6.95. The van der Waals surface area contributed by atoms with Crippen molar-refractivity contribution in [2.24, 2.45) is 0 Å². The van der Waals surface area contributed by atoms with Crippen molar-refractivity contribution in [1.82, 2.24) is 0 Å². The third kappa shape index (κ3) is 52.6. The number of esters is 3. The molecular formula is C61H98O6. The molecule has 0 spiro atoms. The Morgan fingerprint density at radius 2 is 0.612 bits per heavy atom. The monoisotopic (exact) mass is 927 g/mol. The molecule has 0 fully saturated rings. The van der Waals surface area contributed by atoms with Gasteiger partial charge in [-0.1, -0.05) is 213 Å². The first-order valence-corrected chi connectivity index (χ1v) is 27.0. The third-order valence-electron chi connectivity index (χ3n) is 10.9. The van der Waals surface area contributed by atoms with Gasteiger partial charge in [0.25, 0.3) is 0 Å². The molecule has 0 saturated carbocycles. The highest BCUT2D eigenvalue weighted by Crippen LogP contribution is 2.13. The van der Waals surface area contributed by atoms with Gasteiger partial charge in [0.15, 0.2) is 6.10 Å². The fourth-order valence-corrected chi connectivity index (χ4v) is 6.95. The lowest BCUT2D eigenvalue weighted by Crippen LogP contribution is -2.30. The standard InChI is InChI=1S/C61H98O6/c1-4-7-10-13-16-19-22-25-28-29-30-31-34-36-39-42-45-48-51-54-60(63)66-57-58(67-61(64)55-52-49-46-43-40-37-33-27-24-21-18-15-12-9-6-3)56-65-59(62)53-50-47-44-41-38-35-32-26-23-20-17-14-11-8-5-2/h7,9-10,12,16,18-21,23,25,27-28,30-31,33,36,39,45,48,58H,4-6,8,11,13-15,17,22,24,26,29,32,34-35,37-38,40-44,46-47,49-57H2,1-3H3/b10-7+,12-9+,19-16+,21-18+,23-20+,28-25+,31-30+,33-27+,39-36+,48-45+/t58-/m1/s1. The van der Waals surface area contributed by atoms with E-state index in [1.165, 1.54) is 64.2 Å². The van der Waals surface area contributed by atoms with Gasteiger partial charge in [-0.3, -0.25) is 14.4 Å². The first kappa shape index (κ1) is 62.8. The number of hydrogen-bond donors (Lipinski definition) is 0. The van der Waals surface area contributed by atoms with Crippen molar-refractivity contribution in [1.29, 1.82) is 0 Å². The van der Waals surface area contributed by atoms with Gasteiger partial charge in [-0.25, -0.2) is 0 Å². The minimum Gasteiger partial charge on any atom is -0.462 e. The summed E-state index contributed by atoms with van der Waals surface area (Å²) in [5, 5.41) is 0. The maximum Gasteiger partial charge on any atom is 0.306 e. The van der Waals surface area contributed by atoms with Crippen molar-refractivity contribution in [2.45, 2.75) is 232 Å². The first-order valence-electron chi connectivity index (χ1n) is 27.0. The summed E-state index contributed by atoms with van der Waals surface area (Å²) in [7, 11) is 0. The molecule has 0 radical (unpaired) electrons. The lowest BCUT2D eigenvalue weighted by Gasteiger charge is -2.18. The second-order valence-corrected chi connectivity index (χ2v) is 17.4. The summed E-state index contributed by atoms with van der Waals surface area (Å²) in [6.07, 6.45) is 74.8. The summed E-state index contributed by atoms with van der Waals surface area (Å²) >= 11 is 0. The summed E-state index contributed by atoms with van der Waals surface area (Å²) in [6.45, 7) is 6.31. The van der Waals surface area contributed by atoms with Crippen LogP contribution in [0.15, 0.2) is 122 Å². The molecule has 0 aromatic heterocycles. The lowest BCUT2D eigenvalue weighted by atomic mass is 10.1. The number of carbonyl (C=O) groups excluding carboxylic acids is 3. The van der Waals surface area contributed by atoms with E-state index in [0.29, 0.717) is 12.8 Å². The topological polar surface area (TPSA) is 78.9 Å². The Bertz CT molecular complexity index is 1440. The van der Waals surface area contributed by atoms with Gasteiger partial charge in [0.05, 0.1) is 0 Å². The van der Waals surface area contributed by atoms with E-state index in [0.717, 1.165) is 116 Å². The van der Waals surface area contributed by atoms with Crippen LogP contribution in [0.5, 0.6) is 0 Å². The Hall–Kier alpha value is -4.19. The molecular weight excluding hydrogens is 829 g/mol. The van der Waals surface area contributed by atoms with Crippen LogP contribution in [-0.2, 0) is 28.6 Å². The van der Waals surface area contributed by atoms with Crippen molar-refractivity contribution >= 4 is 17.9 Å². The molecule has 0 aliphatic rings. The molecule has 0 bridgehead atoms. The molecule has 0 amide bonds. The van der Waals surface area contributed by atoms with Crippen LogP contribution in [0.4, 0.5) is 0 Å². The van der Waals surface area contributed by atoms with Gasteiger partial charge in [-0.15, -0.1) is 0 Å². The van der Waals surface area contributed by atoms with Gasteiger partial charge in [0, 0.05) is 19.3 Å². The third-order valence-corrected chi connectivity index (χ3v) is 10.9. The number of hydrogen-bond acceptors (Lipinski definition) is 6. The van der Waals surface area contributed by atoms with Crippen molar-refractivity contribution in [3.63, 3.8) is 0 Å². The average molecular weight is 927 g/mol. The van der Waals surface area contributed by atoms with E-state index in [-0.39, 0.29) is 44.0 Å². The van der Waals surface area contributed by atoms with E-state index in [1.807, 2.05) is 12.2 Å². The van der Waals surface area contributed by atoms with Crippen molar-refractivity contribution in [3.8, 4) is 0 Å². The molecule has 0 rings (SSSR count). The zero-order valence-electron chi connectivity index (χ0n) is 43.1. The Morgan fingerprint density at radius 1 is 0.313 bits per heavy atom. The van der Waals surface area contributed by atoms with Crippen LogP contribution < -0.4 is 0 Å². The maximum absolute atomic E-state index is 12.8. The van der Waals surface area contributed by atoms with Crippen LogP contribution in [0, 0.1) is 0 Å². The maximum atomic E-state index is 12.8. The fraction of sp³-hybridized carbons (Fsp3) is 0.623. The highest BCUT2D eigenvalue weighted by molar-refractivity contribution is 5.71. The first-order chi connectivity index (χ1) is 33.0. The Kier molecular flexibility index (Phi) is 51.0. The molecule has 0 N–H and O–H groups in total. The molecule has 0 unspecified atom stereocenters. The van der Waals surface area contributed by atoms with Crippen LogP contribution in [0.3, 0.4) is 0 Å². The second-order valence-electron chi connectivity index (χ2n) is 17.4. The molecule has 0 saturated heterocycles. The highest BCUT2D eigenvalue weighted by atomic mass is 16.6. The summed E-state index contributed by atoms with van der Waals surface area (Å²) in [5.41, 5.74) is 0. The van der Waals surface area contributed by atoms with Gasteiger partial charge >= 0.3 is 17.9 Å². The van der Waals surface area contributed by atoms with Crippen molar-refractivity contribution in [3.05, 3.63) is 122 Å². The molecule has 0 aliphatic carbocycles. The van der Waals surface area contributed by atoms with E-state index in [4.69, 9.17) is 14.2 Å². The average Bonchev–Trinajstić information content (AvgIpc) is 3.33. The minimum atomic E-state index is -0.823. The number of allylic oxidation sites excluding steroid dienone is 20. The molecule has 0 aliphatic heterocycles. The van der Waals surface area contributed by atoms with Crippen LogP contribution in [0.2, 0.25) is 0 Å². The lowest BCUT2D eigenvalue weighted by molar-refractivity contribution is -0.166. The summed E-state index contributed by atoms with van der Waals surface area (Å²) in [4.78, 5) is 38.0. The van der Waals surface area contributed by atoms with Crippen LogP contribution in [-0.4, -0.2) is 37.2 Å². The van der Waals surface area contributed by atoms with E-state index in [1.54, 1.807) is 0 Å². The van der Waals surface area contributed by atoms with E-state index in [9.17, 15) is 14.4 Å². The van der Waals surface area contributed by atoms with E-state index < -0.39 is 6.10 Å². The van der Waals surface area contributed by atoms with Crippen LogP contribution >= 0.6 is 0 Å². The molecule has 6 heteroatoms. The summed E-state index contributed by atoms with van der Waals surface area (Å²) in [6, 6.07) is 0. The largest absolute Gasteiger partial charge is 0.462 e. The van der Waals surface area contributed by atoms with E-state index in [2.05, 4.69) is 130 Å². The summed E-state index contributed by atoms with van der Waals surface area (Å²) in [5.74, 6) is -1.03. The van der Waals surface area contributed by atoms with Gasteiger partial charge in [0.1, 0.15) is 13.2 Å². The molecule has 0 aromatic rings. The molecule has 0 aromatic carbocycles. The van der Waals surface area contributed by atoms with Gasteiger partial charge in [0.2, 0.25) is 0 Å². The second kappa shape index (κ2) is 54.4. The number of carbonyl (C=O) groups is 3. The predicted molar refractivity (Wildman–Crippen MR) is 288 cm³/mol. The molecule has 0 heterocycles. The SMILES string of the molecule is CC/C=C/C/C=C/C/C=C/C/C=C/C/C=C/C/C=C/CCC(=O)OC[C@@H](COC(=O)CCCCCCCCC/C=C/CCCCCC)OC(=O)CCCCCCC/C=C/C/C=C/C/C=C/CC. The van der Waals surface area contributed by atoms with Gasteiger partial charge < -0.3 is 14.2 Å². The quantitative estimate of drug-likeness (QED) is 0.0262. The Balaban J connectivity index is 4.55. The van der Waals surface area contributed by atoms with Gasteiger partial charge in [-0.2, -0.15) is 0 Å². The number of ether oxygens (including phenoxy) is 3. The zero-order valence-corrected chi connectivity index (χ0v) is 43.1. The molecule has 378 valence electrons. The van der Waals surface area contributed by atoms with Crippen molar-refractivity contribution in [2.75, 3.05) is 13.2 Å². The van der Waals surface area contributed by atoms with Crippen LogP contribution in [0.25, 0.3) is 0 Å².